The minimum absolute atomic E-state index is 0.354. The highest BCUT2D eigenvalue weighted by Gasteiger charge is 2.14. The lowest BCUT2D eigenvalue weighted by molar-refractivity contribution is 0.0641. The van der Waals surface area contributed by atoms with Gasteiger partial charge in [0.15, 0.2) is 0 Å². The van der Waals surface area contributed by atoms with Crippen molar-refractivity contribution in [2.45, 2.75) is 13.0 Å². The van der Waals surface area contributed by atoms with Gasteiger partial charge in [-0.25, -0.2) is 0 Å². The fourth-order valence-electron chi connectivity index (χ4n) is 2.07. The first-order chi connectivity index (χ1) is 8.74. The molecule has 1 aromatic rings. The quantitative estimate of drug-likeness (QED) is 0.805. The van der Waals surface area contributed by atoms with Gasteiger partial charge in [-0.2, -0.15) is 0 Å². The lowest BCUT2D eigenvalue weighted by atomic mass is 10.2. The van der Waals surface area contributed by atoms with E-state index in [1.165, 1.54) is 5.56 Å². The van der Waals surface area contributed by atoms with Crippen molar-refractivity contribution in [1.82, 2.24) is 10.2 Å². The molecule has 0 aliphatic carbocycles. The molecule has 1 aliphatic rings. The third kappa shape index (κ3) is 4.29. The van der Waals surface area contributed by atoms with Crippen LogP contribution < -0.4 is 10.1 Å². The largest absolute Gasteiger partial charge is 0.491 e. The van der Waals surface area contributed by atoms with E-state index in [9.17, 15) is 5.11 Å². The van der Waals surface area contributed by atoms with Gasteiger partial charge in [0, 0.05) is 32.7 Å². The number of aryl methyl sites for hydroxylation is 1. The highest BCUT2D eigenvalue weighted by Crippen LogP contribution is 2.11. The maximum Gasteiger partial charge on any atom is 0.119 e. The first-order valence-electron chi connectivity index (χ1n) is 6.54. The molecule has 100 valence electrons. The molecule has 1 fully saturated rings. The van der Waals surface area contributed by atoms with E-state index in [2.05, 4.69) is 10.2 Å². The summed E-state index contributed by atoms with van der Waals surface area (Å²) in [6.07, 6.45) is -0.426. The normalized spacial score (nSPS) is 18.6. The molecule has 0 radical (unpaired) electrons. The van der Waals surface area contributed by atoms with E-state index < -0.39 is 6.10 Å². The SMILES string of the molecule is Cc1ccc(OCC(O)CN2CCNCC2)cc1. The van der Waals surface area contributed by atoms with Gasteiger partial charge in [-0.3, -0.25) is 4.90 Å². The standard InChI is InChI=1S/C14H22N2O2/c1-12-2-4-14(5-3-12)18-11-13(17)10-16-8-6-15-7-9-16/h2-5,13,15,17H,6-11H2,1H3. The van der Waals surface area contributed by atoms with Crippen molar-refractivity contribution >= 4 is 0 Å². The number of nitrogens with zero attached hydrogens (tertiary/aromatic N) is 1. The molecule has 1 atom stereocenters. The van der Waals surface area contributed by atoms with Crippen LogP contribution >= 0.6 is 0 Å². The highest BCUT2D eigenvalue weighted by atomic mass is 16.5. The summed E-state index contributed by atoms with van der Waals surface area (Å²) in [5.41, 5.74) is 1.21. The van der Waals surface area contributed by atoms with Gasteiger partial charge in [0.25, 0.3) is 0 Å². The molecule has 1 aliphatic heterocycles. The molecule has 0 spiro atoms. The van der Waals surface area contributed by atoms with Crippen LogP contribution in [0.1, 0.15) is 5.56 Å². The van der Waals surface area contributed by atoms with Crippen molar-refractivity contribution < 1.29 is 9.84 Å². The molecule has 0 aromatic heterocycles. The van der Waals surface area contributed by atoms with E-state index in [-0.39, 0.29) is 0 Å². The van der Waals surface area contributed by atoms with Crippen molar-refractivity contribution in [3.05, 3.63) is 29.8 Å². The van der Waals surface area contributed by atoms with Crippen LogP contribution in [-0.2, 0) is 0 Å². The molecular formula is C14H22N2O2. The maximum absolute atomic E-state index is 9.93. The average molecular weight is 250 g/mol. The summed E-state index contributed by atoms with van der Waals surface area (Å²) in [6, 6.07) is 7.90. The molecule has 2 N–H and O–H groups in total. The Kier molecular flexibility index (Phi) is 4.99. The zero-order valence-corrected chi connectivity index (χ0v) is 10.9. The van der Waals surface area contributed by atoms with Crippen LogP contribution in [0.5, 0.6) is 5.75 Å². The van der Waals surface area contributed by atoms with Crippen molar-refractivity contribution in [1.29, 1.82) is 0 Å². The zero-order chi connectivity index (χ0) is 12.8. The van der Waals surface area contributed by atoms with Crippen LogP contribution in [0.25, 0.3) is 0 Å². The highest BCUT2D eigenvalue weighted by molar-refractivity contribution is 5.26. The Morgan fingerprint density at radius 3 is 2.61 bits per heavy atom. The number of piperazine rings is 1. The summed E-state index contributed by atoms with van der Waals surface area (Å²) in [5.74, 6) is 0.819. The van der Waals surface area contributed by atoms with Crippen LogP contribution in [0.2, 0.25) is 0 Å². The number of benzene rings is 1. The van der Waals surface area contributed by atoms with E-state index in [1.54, 1.807) is 0 Å². The Morgan fingerprint density at radius 1 is 1.28 bits per heavy atom. The molecule has 1 heterocycles. The molecule has 1 aromatic carbocycles. The van der Waals surface area contributed by atoms with E-state index in [4.69, 9.17) is 4.74 Å². The average Bonchev–Trinajstić information content (AvgIpc) is 2.39. The van der Waals surface area contributed by atoms with Crippen molar-refractivity contribution in [2.24, 2.45) is 0 Å². The van der Waals surface area contributed by atoms with Gasteiger partial charge in [0.05, 0.1) is 0 Å². The number of hydrogen-bond donors (Lipinski definition) is 2. The van der Waals surface area contributed by atoms with Crippen LogP contribution in [-0.4, -0.2) is 55.4 Å². The molecule has 0 bridgehead atoms. The van der Waals surface area contributed by atoms with Crippen LogP contribution in [0, 0.1) is 6.92 Å². The summed E-state index contributed by atoms with van der Waals surface area (Å²) < 4.78 is 5.57. The lowest BCUT2D eigenvalue weighted by Crippen LogP contribution is -2.47. The molecule has 0 saturated carbocycles. The molecule has 1 saturated heterocycles. The van der Waals surface area contributed by atoms with E-state index in [0.717, 1.165) is 31.9 Å². The number of aliphatic hydroxyl groups excluding tert-OH is 1. The number of β-amino-alcohol motifs (C(OH)–C–C–N with tert-alkyl or cyclic N) is 1. The Hall–Kier alpha value is -1.10. The first kappa shape index (κ1) is 13.3. The third-order valence-corrected chi connectivity index (χ3v) is 3.14. The Morgan fingerprint density at radius 2 is 1.94 bits per heavy atom. The minimum atomic E-state index is -0.426. The van der Waals surface area contributed by atoms with E-state index in [1.807, 2.05) is 31.2 Å². The Bertz CT molecular complexity index is 347. The number of ether oxygens (including phenoxy) is 1. The van der Waals surface area contributed by atoms with Gasteiger partial charge in [-0.1, -0.05) is 17.7 Å². The van der Waals surface area contributed by atoms with E-state index in [0.29, 0.717) is 13.2 Å². The molecule has 2 rings (SSSR count). The van der Waals surface area contributed by atoms with Crippen LogP contribution in [0.15, 0.2) is 24.3 Å². The summed E-state index contributed by atoms with van der Waals surface area (Å²) in [7, 11) is 0. The topological polar surface area (TPSA) is 44.7 Å². The lowest BCUT2D eigenvalue weighted by Gasteiger charge is -2.29. The summed E-state index contributed by atoms with van der Waals surface area (Å²) in [4.78, 5) is 2.26. The fraction of sp³-hybridized carbons (Fsp3) is 0.571. The van der Waals surface area contributed by atoms with Gasteiger partial charge in [-0.15, -0.1) is 0 Å². The second-order valence-electron chi connectivity index (χ2n) is 4.83. The summed E-state index contributed by atoms with van der Waals surface area (Å²) in [6.45, 7) is 7.10. The molecule has 0 amide bonds. The first-order valence-corrected chi connectivity index (χ1v) is 6.54. The molecule has 4 nitrogen and oxygen atoms in total. The smallest absolute Gasteiger partial charge is 0.119 e. The monoisotopic (exact) mass is 250 g/mol. The Balaban J connectivity index is 1.70. The Labute approximate surface area is 109 Å². The predicted octanol–water partition coefficient (Wildman–Crippen LogP) is 0.640. The van der Waals surface area contributed by atoms with Crippen molar-refractivity contribution in [3.63, 3.8) is 0 Å². The number of aliphatic hydroxyl groups is 1. The van der Waals surface area contributed by atoms with Gasteiger partial charge in [0.1, 0.15) is 18.5 Å². The van der Waals surface area contributed by atoms with Gasteiger partial charge in [-0.05, 0) is 19.1 Å². The molecular weight excluding hydrogens is 228 g/mol. The zero-order valence-electron chi connectivity index (χ0n) is 10.9. The molecule has 1 unspecified atom stereocenters. The van der Waals surface area contributed by atoms with Crippen LogP contribution in [0.3, 0.4) is 0 Å². The van der Waals surface area contributed by atoms with Crippen molar-refractivity contribution in [3.8, 4) is 5.75 Å². The molecule has 4 heteroatoms. The van der Waals surface area contributed by atoms with Gasteiger partial charge < -0.3 is 15.2 Å². The second kappa shape index (κ2) is 6.73. The summed E-state index contributed by atoms with van der Waals surface area (Å²) >= 11 is 0. The van der Waals surface area contributed by atoms with Crippen molar-refractivity contribution in [2.75, 3.05) is 39.3 Å². The number of hydrogen-bond acceptors (Lipinski definition) is 4. The van der Waals surface area contributed by atoms with E-state index >= 15 is 0 Å². The fourth-order valence-corrected chi connectivity index (χ4v) is 2.07. The summed E-state index contributed by atoms with van der Waals surface area (Å²) in [5, 5.41) is 13.2. The van der Waals surface area contributed by atoms with Gasteiger partial charge in [0.2, 0.25) is 0 Å². The van der Waals surface area contributed by atoms with Gasteiger partial charge >= 0.3 is 0 Å². The number of rotatable bonds is 5. The van der Waals surface area contributed by atoms with Crippen LogP contribution in [0.4, 0.5) is 0 Å². The number of nitrogens with one attached hydrogen (secondary N) is 1. The second-order valence-corrected chi connectivity index (χ2v) is 4.83. The predicted molar refractivity (Wildman–Crippen MR) is 72.0 cm³/mol. The maximum atomic E-state index is 9.93. The third-order valence-electron chi connectivity index (χ3n) is 3.14. The minimum Gasteiger partial charge on any atom is -0.491 e. The molecule has 18 heavy (non-hydrogen) atoms.